The smallest absolute Gasteiger partial charge is 0.306 e. The van der Waals surface area contributed by atoms with Crippen molar-refractivity contribution >= 4 is 40.6 Å². The number of aliphatic carboxylic acids is 1. The normalized spacial score (nSPS) is 15.3. The van der Waals surface area contributed by atoms with E-state index < -0.39 is 5.97 Å². The molecule has 1 fully saturated rings. The zero-order valence-electron chi connectivity index (χ0n) is 12.9. The first-order valence-corrected chi connectivity index (χ1v) is 8.03. The number of hydrogen-bond donors (Lipinski definition) is 3. The average molecular weight is 348 g/mol. The Morgan fingerprint density at radius 2 is 1.92 bits per heavy atom. The third-order valence-corrected chi connectivity index (χ3v) is 4.37. The number of benzene rings is 1. The Kier molecular flexibility index (Phi) is 4.71. The number of nitrogens with one attached hydrogen (secondary N) is 1. The van der Waals surface area contributed by atoms with Crippen molar-refractivity contribution in [3.63, 3.8) is 0 Å². The lowest BCUT2D eigenvalue weighted by molar-refractivity contribution is -0.142. The number of nitrogens with two attached hydrogens (primary N) is 1. The van der Waals surface area contributed by atoms with Gasteiger partial charge in [0.25, 0.3) is 0 Å². The molecule has 0 spiro atoms. The molecule has 3 rings (SSSR count). The van der Waals surface area contributed by atoms with Crippen molar-refractivity contribution in [2.24, 2.45) is 5.92 Å². The van der Waals surface area contributed by atoms with E-state index in [1.165, 1.54) is 6.33 Å². The van der Waals surface area contributed by atoms with Gasteiger partial charge in [0, 0.05) is 23.8 Å². The summed E-state index contributed by atoms with van der Waals surface area (Å²) in [6.45, 7) is 1.22. The Labute approximate surface area is 144 Å². The number of rotatable bonds is 4. The maximum absolute atomic E-state index is 11.1. The molecule has 7 nitrogen and oxygen atoms in total. The minimum absolute atomic E-state index is 0.295. The fourth-order valence-corrected chi connectivity index (χ4v) is 2.87. The van der Waals surface area contributed by atoms with E-state index >= 15 is 0 Å². The summed E-state index contributed by atoms with van der Waals surface area (Å²) in [6.07, 6.45) is 2.62. The Bertz CT molecular complexity index is 730. The maximum atomic E-state index is 11.1. The molecule has 1 saturated heterocycles. The van der Waals surface area contributed by atoms with Gasteiger partial charge in [-0.25, -0.2) is 9.97 Å². The van der Waals surface area contributed by atoms with Crippen LogP contribution in [0.2, 0.25) is 5.02 Å². The van der Waals surface area contributed by atoms with Gasteiger partial charge in [-0.3, -0.25) is 4.79 Å². The highest BCUT2D eigenvalue weighted by molar-refractivity contribution is 6.30. The zero-order valence-corrected chi connectivity index (χ0v) is 13.7. The number of carboxylic acids is 1. The second kappa shape index (κ2) is 6.92. The first-order chi connectivity index (χ1) is 11.5. The summed E-state index contributed by atoms with van der Waals surface area (Å²) < 4.78 is 0. The van der Waals surface area contributed by atoms with Crippen molar-refractivity contribution in [2.75, 3.05) is 29.0 Å². The van der Waals surface area contributed by atoms with Gasteiger partial charge in [-0.1, -0.05) is 11.6 Å². The van der Waals surface area contributed by atoms with Gasteiger partial charge < -0.3 is 21.1 Å². The molecule has 0 aliphatic carbocycles. The molecule has 24 heavy (non-hydrogen) atoms. The highest BCUT2D eigenvalue weighted by Crippen LogP contribution is 2.31. The molecular formula is C16H18ClN5O2. The van der Waals surface area contributed by atoms with Gasteiger partial charge in [-0.2, -0.15) is 0 Å². The van der Waals surface area contributed by atoms with E-state index in [1.54, 1.807) is 12.1 Å². The second-order valence-electron chi connectivity index (χ2n) is 5.69. The molecule has 4 N–H and O–H groups in total. The minimum Gasteiger partial charge on any atom is -0.481 e. The number of anilines is 4. The third kappa shape index (κ3) is 3.51. The number of piperidine rings is 1. The Morgan fingerprint density at radius 1 is 1.25 bits per heavy atom. The van der Waals surface area contributed by atoms with Crippen LogP contribution in [0.15, 0.2) is 30.6 Å². The SMILES string of the molecule is Nc1c(Nc2ccc(Cl)cc2)ncnc1N1CCC(C(=O)O)CC1. The second-order valence-corrected chi connectivity index (χ2v) is 6.13. The summed E-state index contributed by atoms with van der Waals surface area (Å²) in [6, 6.07) is 7.22. The Morgan fingerprint density at radius 3 is 2.54 bits per heavy atom. The number of aromatic nitrogens is 2. The van der Waals surface area contributed by atoms with Gasteiger partial charge in [-0.15, -0.1) is 0 Å². The number of hydrogen-bond acceptors (Lipinski definition) is 6. The fourth-order valence-electron chi connectivity index (χ4n) is 2.75. The molecule has 1 aliphatic heterocycles. The molecular weight excluding hydrogens is 330 g/mol. The monoisotopic (exact) mass is 347 g/mol. The predicted octanol–water partition coefficient (Wildman–Crippen LogP) is 2.76. The highest BCUT2D eigenvalue weighted by Gasteiger charge is 2.26. The van der Waals surface area contributed by atoms with E-state index in [9.17, 15) is 4.79 Å². The molecule has 0 radical (unpaired) electrons. The topological polar surface area (TPSA) is 104 Å². The van der Waals surface area contributed by atoms with Crippen molar-refractivity contribution in [1.29, 1.82) is 0 Å². The number of carbonyl (C=O) groups is 1. The van der Waals surface area contributed by atoms with Gasteiger partial charge in [0.1, 0.15) is 12.0 Å². The van der Waals surface area contributed by atoms with E-state index in [4.69, 9.17) is 22.4 Å². The molecule has 2 aromatic rings. The van der Waals surface area contributed by atoms with Gasteiger partial charge in [0.15, 0.2) is 11.6 Å². The number of nitrogen functional groups attached to an aromatic ring is 1. The minimum atomic E-state index is -0.740. The van der Waals surface area contributed by atoms with Crippen LogP contribution in [0.4, 0.5) is 23.0 Å². The van der Waals surface area contributed by atoms with Crippen LogP contribution in [0, 0.1) is 5.92 Å². The van der Waals surface area contributed by atoms with E-state index in [1.807, 2.05) is 17.0 Å². The van der Waals surface area contributed by atoms with Crippen LogP contribution in [0.5, 0.6) is 0 Å². The van der Waals surface area contributed by atoms with Crippen LogP contribution in [-0.4, -0.2) is 34.1 Å². The number of nitrogens with zero attached hydrogens (tertiary/aromatic N) is 3. The lowest BCUT2D eigenvalue weighted by Crippen LogP contribution is -2.37. The molecule has 0 atom stereocenters. The molecule has 0 amide bonds. The predicted molar refractivity (Wildman–Crippen MR) is 93.8 cm³/mol. The van der Waals surface area contributed by atoms with Crippen LogP contribution in [0.1, 0.15) is 12.8 Å². The molecule has 2 heterocycles. The van der Waals surface area contributed by atoms with Crippen molar-refractivity contribution in [3.05, 3.63) is 35.6 Å². The van der Waals surface area contributed by atoms with Crippen molar-refractivity contribution in [2.45, 2.75) is 12.8 Å². The quantitative estimate of drug-likeness (QED) is 0.781. The lowest BCUT2D eigenvalue weighted by Gasteiger charge is -2.31. The van der Waals surface area contributed by atoms with E-state index in [0.717, 1.165) is 5.69 Å². The molecule has 8 heteroatoms. The first-order valence-electron chi connectivity index (χ1n) is 7.65. The largest absolute Gasteiger partial charge is 0.481 e. The van der Waals surface area contributed by atoms with Gasteiger partial charge in [-0.05, 0) is 37.1 Å². The van der Waals surface area contributed by atoms with Gasteiger partial charge in [0.05, 0.1) is 5.92 Å². The van der Waals surface area contributed by atoms with E-state index in [-0.39, 0.29) is 5.92 Å². The van der Waals surface area contributed by atoms with E-state index in [2.05, 4.69) is 15.3 Å². The van der Waals surface area contributed by atoms with E-state index in [0.29, 0.717) is 48.3 Å². The van der Waals surface area contributed by atoms with Crippen molar-refractivity contribution in [1.82, 2.24) is 9.97 Å². The molecule has 1 aromatic heterocycles. The van der Waals surface area contributed by atoms with Crippen molar-refractivity contribution < 1.29 is 9.90 Å². The van der Waals surface area contributed by atoms with Crippen LogP contribution in [-0.2, 0) is 4.79 Å². The summed E-state index contributed by atoms with van der Waals surface area (Å²) >= 11 is 5.88. The Hall–Kier alpha value is -2.54. The number of halogens is 1. The molecule has 1 aliphatic rings. The standard InChI is InChI=1S/C16H18ClN5O2/c17-11-1-3-12(4-2-11)21-14-13(18)15(20-9-19-14)22-7-5-10(6-8-22)16(23)24/h1-4,9-10H,5-8,18H2,(H,23,24)(H,19,20,21). The molecule has 1 aromatic carbocycles. The summed E-state index contributed by atoms with van der Waals surface area (Å²) in [4.78, 5) is 21.5. The zero-order chi connectivity index (χ0) is 17.1. The van der Waals surface area contributed by atoms with Crippen molar-refractivity contribution in [3.8, 4) is 0 Å². The van der Waals surface area contributed by atoms with Gasteiger partial charge in [0.2, 0.25) is 0 Å². The third-order valence-electron chi connectivity index (χ3n) is 4.11. The van der Waals surface area contributed by atoms with Crippen LogP contribution >= 0.6 is 11.6 Å². The Balaban J connectivity index is 1.76. The fraction of sp³-hybridized carbons (Fsp3) is 0.312. The summed E-state index contributed by atoms with van der Waals surface area (Å²) in [5.41, 5.74) is 7.48. The molecule has 126 valence electrons. The molecule has 0 bridgehead atoms. The lowest BCUT2D eigenvalue weighted by atomic mass is 9.97. The number of carboxylic acid groups (broad SMARTS) is 1. The highest BCUT2D eigenvalue weighted by atomic mass is 35.5. The summed E-state index contributed by atoms with van der Waals surface area (Å²) in [7, 11) is 0. The van der Waals surface area contributed by atoms with Crippen LogP contribution < -0.4 is 16.0 Å². The molecule has 0 saturated carbocycles. The molecule has 0 unspecified atom stereocenters. The van der Waals surface area contributed by atoms with Crippen LogP contribution in [0.25, 0.3) is 0 Å². The average Bonchev–Trinajstić information content (AvgIpc) is 2.59. The summed E-state index contributed by atoms with van der Waals surface area (Å²) in [5.74, 6) is 0.111. The first kappa shape index (κ1) is 16.3. The van der Waals surface area contributed by atoms with Crippen LogP contribution in [0.3, 0.4) is 0 Å². The maximum Gasteiger partial charge on any atom is 0.306 e. The van der Waals surface area contributed by atoms with Gasteiger partial charge >= 0.3 is 5.97 Å². The summed E-state index contributed by atoms with van der Waals surface area (Å²) in [5, 5.41) is 12.9.